The fourth-order valence-corrected chi connectivity index (χ4v) is 2.79. The summed E-state index contributed by atoms with van der Waals surface area (Å²) in [7, 11) is 1.52. The highest BCUT2D eigenvalue weighted by molar-refractivity contribution is 5.86. The van der Waals surface area contributed by atoms with Crippen molar-refractivity contribution in [2.24, 2.45) is 0 Å². The molecule has 0 unspecified atom stereocenters. The first-order valence-corrected chi connectivity index (χ1v) is 8.00. The molecule has 0 atom stereocenters. The van der Waals surface area contributed by atoms with E-state index in [1.165, 1.54) is 7.11 Å². The molecule has 26 heavy (non-hydrogen) atoms. The predicted octanol–water partition coefficient (Wildman–Crippen LogP) is 4.14. The molecule has 0 aliphatic rings. The summed E-state index contributed by atoms with van der Waals surface area (Å²) in [5, 5.41) is 0. The number of methoxy groups -OCH3 is 1. The number of esters is 1. The molecular weight excluding hydrogens is 350 g/mol. The SMILES string of the molecule is COC(C(=O)OCc1ccccn1)(c1ccccc1)c1ccccc1.Cl. The highest BCUT2D eigenvalue weighted by Gasteiger charge is 2.44. The number of carbonyl (C=O) groups is 1. The van der Waals surface area contributed by atoms with E-state index in [9.17, 15) is 4.79 Å². The van der Waals surface area contributed by atoms with E-state index >= 15 is 0 Å². The Morgan fingerprint density at radius 1 is 0.885 bits per heavy atom. The third kappa shape index (κ3) is 3.93. The maximum atomic E-state index is 13.1. The van der Waals surface area contributed by atoms with E-state index in [1.807, 2.05) is 78.9 Å². The van der Waals surface area contributed by atoms with Gasteiger partial charge in [-0.3, -0.25) is 4.98 Å². The molecule has 0 N–H and O–H groups in total. The lowest BCUT2D eigenvalue weighted by Gasteiger charge is -2.31. The first-order valence-electron chi connectivity index (χ1n) is 8.00. The number of aromatic nitrogens is 1. The zero-order chi connectivity index (χ0) is 17.5. The molecule has 0 saturated carbocycles. The minimum Gasteiger partial charge on any atom is -0.457 e. The van der Waals surface area contributed by atoms with Crippen LogP contribution in [0, 0.1) is 0 Å². The number of halogens is 1. The topological polar surface area (TPSA) is 48.4 Å². The summed E-state index contributed by atoms with van der Waals surface area (Å²) in [6.45, 7) is 0.0877. The lowest BCUT2D eigenvalue weighted by Crippen LogP contribution is -2.40. The van der Waals surface area contributed by atoms with Crippen molar-refractivity contribution in [2.45, 2.75) is 12.2 Å². The largest absolute Gasteiger partial charge is 0.457 e. The van der Waals surface area contributed by atoms with Crippen LogP contribution in [0.5, 0.6) is 0 Å². The minimum absolute atomic E-state index is 0. The fourth-order valence-electron chi connectivity index (χ4n) is 2.79. The monoisotopic (exact) mass is 369 g/mol. The Balaban J connectivity index is 0.00000243. The van der Waals surface area contributed by atoms with E-state index in [-0.39, 0.29) is 19.0 Å². The van der Waals surface area contributed by atoms with Gasteiger partial charge < -0.3 is 9.47 Å². The van der Waals surface area contributed by atoms with Crippen molar-refractivity contribution >= 4 is 18.4 Å². The van der Waals surface area contributed by atoms with Crippen molar-refractivity contribution in [3.63, 3.8) is 0 Å². The van der Waals surface area contributed by atoms with Gasteiger partial charge in [-0.1, -0.05) is 66.7 Å². The molecule has 0 amide bonds. The van der Waals surface area contributed by atoms with Crippen molar-refractivity contribution < 1.29 is 14.3 Å². The van der Waals surface area contributed by atoms with Crippen LogP contribution < -0.4 is 0 Å². The fraction of sp³-hybridized carbons (Fsp3) is 0.143. The molecule has 5 heteroatoms. The average molecular weight is 370 g/mol. The summed E-state index contributed by atoms with van der Waals surface area (Å²) in [5.74, 6) is -0.474. The van der Waals surface area contributed by atoms with Crippen molar-refractivity contribution in [1.82, 2.24) is 4.98 Å². The van der Waals surface area contributed by atoms with Gasteiger partial charge in [-0.15, -0.1) is 12.4 Å². The van der Waals surface area contributed by atoms with Gasteiger partial charge in [0.05, 0.1) is 5.69 Å². The first kappa shape index (κ1) is 19.6. The Morgan fingerprint density at radius 2 is 1.42 bits per heavy atom. The molecule has 0 bridgehead atoms. The van der Waals surface area contributed by atoms with Gasteiger partial charge in [0.1, 0.15) is 6.61 Å². The van der Waals surface area contributed by atoms with Gasteiger partial charge in [-0.2, -0.15) is 0 Å². The molecule has 0 aliphatic carbocycles. The molecule has 2 aromatic carbocycles. The molecule has 4 nitrogen and oxygen atoms in total. The second kappa shape index (κ2) is 9.13. The van der Waals surface area contributed by atoms with Crippen LogP contribution >= 0.6 is 12.4 Å². The maximum Gasteiger partial charge on any atom is 0.348 e. The Labute approximate surface area is 159 Å². The summed E-state index contributed by atoms with van der Waals surface area (Å²) in [6.07, 6.45) is 1.67. The van der Waals surface area contributed by atoms with Gasteiger partial charge in [-0.05, 0) is 23.3 Å². The van der Waals surface area contributed by atoms with Crippen LogP contribution in [-0.4, -0.2) is 18.1 Å². The Kier molecular flexibility index (Phi) is 6.89. The van der Waals surface area contributed by atoms with E-state index in [4.69, 9.17) is 9.47 Å². The summed E-state index contributed by atoms with van der Waals surface area (Å²) >= 11 is 0. The zero-order valence-corrected chi connectivity index (χ0v) is 15.2. The lowest BCUT2D eigenvalue weighted by molar-refractivity contribution is -0.167. The molecule has 0 aliphatic heterocycles. The zero-order valence-electron chi connectivity index (χ0n) is 14.4. The highest BCUT2D eigenvalue weighted by Crippen LogP contribution is 2.34. The first-order chi connectivity index (χ1) is 12.3. The molecule has 3 rings (SSSR count). The number of hydrogen-bond acceptors (Lipinski definition) is 4. The van der Waals surface area contributed by atoms with Crippen LogP contribution in [0.25, 0.3) is 0 Å². The molecular formula is C21H20ClNO3. The molecule has 0 fully saturated rings. The van der Waals surface area contributed by atoms with E-state index in [0.717, 1.165) is 11.1 Å². The van der Waals surface area contributed by atoms with Gasteiger partial charge in [0.25, 0.3) is 0 Å². The van der Waals surface area contributed by atoms with Gasteiger partial charge in [0.15, 0.2) is 0 Å². The number of ether oxygens (including phenoxy) is 2. The number of rotatable bonds is 6. The summed E-state index contributed by atoms with van der Waals surface area (Å²) in [6, 6.07) is 24.2. The average Bonchev–Trinajstić information content (AvgIpc) is 2.70. The van der Waals surface area contributed by atoms with E-state index < -0.39 is 11.6 Å². The van der Waals surface area contributed by atoms with E-state index in [0.29, 0.717) is 5.69 Å². The second-order valence-electron chi connectivity index (χ2n) is 5.51. The normalized spacial score (nSPS) is 10.7. The van der Waals surface area contributed by atoms with Crippen LogP contribution in [0.3, 0.4) is 0 Å². The van der Waals surface area contributed by atoms with Crippen molar-refractivity contribution in [2.75, 3.05) is 7.11 Å². The van der Waals surface area contributed by atoms with Crippen molar-refractivity contribution in [3.8, 4) is 0 Å². The Bertz CT molecular complexity index is 771. The third-order valence-corrected chi connectivity index (χ3v) is 4.03. The highest BCUT2D eigenvalue weighted by atomic mass is 35.5. The van der Waals surface area contributed by atoms with E-state index in [1.54, 1.807) is 6.20 Å². The van der Waals surface area contributed by atoms with Crippen LogP contribution in [0.4, 0.5) is 0 Å². The van der Waals surface area contributed by atoms with Gasteiger partial charge in [-0.25, -0.2) is 4.79 Å². The van der Waals surface area contributed by atoms with Crippen LogP contribution in [-0.2, 0) is 26.5 Å². The molecule has 0 spiro atoms. The van der Waals surface area contributed by atoms with Gasteiger partial charge >= 0.3 is 5.97 Å². The number of pyridine rings is 1. The molecule has 3 aromatic rings. The molecule has 0 radical (unpaired) electrons. The molecule has 0 saturated heterocycles. The van der Waals surface area contributed by atoms with Crippen molar-refractivity contribution in [3.05, 3.63) is 102 Å². The number of carbonyl (C=O) groups excluding carboxylic acids is 1. The van der Waals surface area contributed by atoms with Crippen molar-refractivity contribution in [1.29, 1.82) is 0 Å². The van der Waals surface area contributed by atoms with Crippen LogP contribution in [0.2, 0.25) is 0 Å². The third-order valence-electron chi connectivity index (χ3n) is 4.03. The maximum absolute atomic E-state index is 13.1. The second-order valence-corrected chi connectivity index (χ2v) is 5.51. The number of hydrogen-bond donors (Lipinski definition) is 0. The van der Waals surface area contributed by atoms with Gasteiger partial charge in [0.2, 0.25) is 5.60 Å². The Hall–Kier alpha value is -2.69. The minimum atomic E-state index is -1.32. The number of benzene rings is 2. The Morgan fingerprint density at radius 3 is 1.88 bits per heavy atom. The molecule has 1 heterocycles. The summed E-state index contributed by atoms with van der Waals surface area (Å²) in [4.78, 5) is 17.3. The summed E-state index contributed by atoms with van der Waals surface area (Å²) < 4.78 is 11.3. The quantitative estimate of drug-likeness (QED) is 0.613. The molecule has 134 valence electrons. The number of nitrogens with zero attached hydrogens (tertiary/aromatic N) is 1. The standard InChI is InChI=1S/C21H19NO3.ClH/c1-24-21(17-10-4-2-5-11-17,18-12-6-3-7-13-18)20(23)25-16-19-14-8-9-15-22-19;/h2-15H,16H2,1H3;1H. The van der Waals surface area contributed by atoms with Crippen LogP contribution in [0.1, 0.15) is 16.8 Å². The van der Waals surface area contributed by atoms with E-state index in [2.05, 4.69) is 4.98 Å². The van der Waals surface area contributed by atoms with Gasteiger partial charge in [0, 0.05) is 13.3 Å². The molecule has 1 aromatic heterocycles. The smallest absolute Gasteiger partial charge is 0.348 e. The van der Waals surface area contributed by atoms with Crippen LogP contribution in [0.15, 0.2) is 85.1 Å². The predicted molar refractivity (Wildman–Crippen MR) is 102 cm³/mol. The summed E-state index contributed by atoms with van der Waals surface area (Å²) in [5.41, 5.74) is 0.795. The lowest BCUT2D eigenvalue weighted by atomic mass is 9.86.